The monoisotopic (exact) mass is 425 g/mol. The SMILES string of the molecule is CC(CON(C)C(=S)N=S(=O)=O)c1cccc(C(C)c2ccoc2)c1.NC=O. The fourth-order valence-corrected chi connectivity index (χ4v) is 2.82. The van der Waals surface area contributed by atoms with Gasteiger partial charge in [-0.3, -0.25) is 9.63 Å². The van der Waals surface area contributed by atoms with Gasteiger partial charge >= 0.3 is 10.5 Å². The van der Waals surface area contributed by atoms with Gasteiger partial charge in [-0.15, -0.1) is 4.36 Å². The molecule has 8 nitrogen and oxygen atoms in total. The van der Waals surface area contributed by atoms with E-state index in [1.165, 1.54) is 17.7 Å². The topological polar surface area (TPSA) is 115 Å². The van der Waals surface area contributed by atoms with Crippen molar-refractivity contribution in [1.82, 2.24) is 5.06 Å². The van der Waals surface area contributed by atoms with Gasteiger partial charge in [-0.05, 0) is 35.0 Å². The lowest BCUT2D eigenvalue weighted by Gasteiger charge is -2.20. The van der Waals surface area contributed by atoms with Crippen molar-refractivity contribution < 1.29 is 22.5 Å². The van der Waals surface area contributed by atoms with Gasteiger partial charge in [0, 0.05) is 18.9 Å². The summed E-state index contributed by atoms with van der Waals surface area (Å²) in [6.07, 6.45) is 3.67. The van der Waals surface area contributed by atoms with E-state index in [9.17, 15) is 8.42 Å². The Morgan fingerprint density at radius 1 is 1.32 bits per heavy atom. The van der Waals surface area contributed by atoms with Crippen LogP contribution >= 0.6 is 12.2 Å². The van der Waals surface area contributed by atoms with E-state index in [1.807, 2.05) is 25.1 Å². The van der Waals surface area contributed by atoms with Crippen LogP contribution in [0.3, 0.4) is 0 Å². The maximum absolute atomic E-state index is 10.5. The minimum Gasteiger partial charge on any atom is -0.472 e. The number of benzene rings is 1. The van der Waals surface area contributed by atoms with E-state index in [4.69, 9.17) is 26.3 Å². The van der Waals surface area contributed by atoms with Crippen molar-refractivity contribution in [3.8, 4) is 0 Å². The molecular weight excluding hydrogens is 402 g/mol. The molecule has 0 aliphatic heterocycles. The molecule has 0 bridgehead atoms. The van der Waals surface area contributed by atoms with E-state index in [1.54, 1.807) is 12.5 Å². The Balaban J connectivity index is 0.00000122. The van der Waals surface area contributed by atoms with Crippen LogP contribution in [0.2, 0.25) is 0 Å². The van der Waals surface area contributed by atoms with Crippen molar-refractivity contribution in [3.05, 3.63) is 59.5 Å². The molecule has 2 aromatic rings. The number of hydroxylamine groups is 2. The predicted octanol–water partition coefficient (Wildman–Crippen LogP) is 2.85. The molecule has 0 saturated carbocycles. The number of nitrogens with two attached hydrogens (primary N) is 1. The number of furan rings is 1. The van der Waals surface area contributed by atoms with Gasteiger partial charge in [0.15, 0.2) is 0 Å². The quantitative estimate of drug-likeness (QED) is 0.430. The van der Waals surface area contributed by atoms with Gasteiger partial charge in [0.05, 0.1) is 19.1 Å². The van der Waals surface area contributed by atoms with E-state index in [0.29, 0.717) is 6.61 Å². The molecule has 2 rings (SSSR count). The highest BCUT2D eigenvalue weighted by Gasteiger charge is 2.14. The van der Waals surface area contributed by atoms with Crippen LogP contribution in [-0.4, -0.2) is 38.7 Å². The first-order valence-electron chi connectivity index (χ1n) is 8.29. The molecule has 0 spiro atoms. The predicted molar refractivity (Wildman–Crippen MR) is 109 cm³/mol. The summed E-state index contributed by atoms with van der Waals surface area (Å²) in [6.45, 7) is 4.50. The zero-order valence-electron chi connectivity index (χ0n) is 15.8. The van der Waals surface area contributed by atoms with E-state index >= 15 is 0 Å². The van der Waals surface area contributed by atoms with Crippen LogP contribution in [0.5, 0.6) is 0 Å². The van der Waals surface area contributed by atoms with Crippen LogP contribution in [-0.2, 0) is 20.1 Å². The smallest absolute Gasteiger partial charge is 0.318 e. The Labute approximate surface area is 170 Å². The molecular formula is C18H23N3O5S2. The number of carbonyl (C=O) groups excluding carboxylic acids is 1. The van der Waals surface area contributed by atoms with Crippen LogP contribution < -0.4 is 5.73 Å². The summed E-state index contributed by atoms with van der Waals surface area (Å²) in [5, 5.41) is 1.04. The molecule has 0 radical (unpaired) electrons. The van der Waals surface area contributed by atoms with Crippen molar-refractivity contribution >= 4 is 34.2 Å². The second-order valence-electron chi connectivity index (χ2n) is 5.87. The lowest BCUT2D eigenvalue weighted by molar-refractivity contribution is -0.106. The molecule has 2 atom stereocenters. The molecule has 1 aromatic heterocycles. The van der Waals surface area contributed by atoms with Crippen molar-refractivity contribution in [2.24, 2.45) is 10.1 Å². The van der Waals surface area contributed by atoms with Crippen LogP contribution in [0.15, 0.2) is 51.6 Å². The first kappa shape index (κ1) is 23.5. The van der Waals surface area contributed by atoms with Gasteiger partial charge in [0.25, 0.3) is 0 Å². The third-order valence-corrected chi connectivity index (χ3v) is 4.75. The molecule has 0 aliphatic rings. The Bertz CT molecular complexity index is 890. The molecule has 152 valence electrons. The Morgan fingerprint density at radius 3 is 2.54 bits per heavy atom. The van der Waals surface area contributed by atoms with Gasteiger partial charge in [-0.2, -0.15) is 8.42 Å². The number of amides is 1. The normalized spacial score (nSPS) is 12.1. The summed E-state index contributed by atoms with van der Waals surface area (Å²) < 4.78 is 29.5. The third-order valence-electron chi connectivity index (χ3n) is 3.96. The molecule has 10 heteroatoms. The Hall–Kier alpha value is -2.56. The molecule has 2 N–H and O–H groups in total. The third kappa shape index (κ3) is 7.59. The second kappa shape index (κ2) is 12.0. The number of nitrogens with zero attached hydrogens (tertiary/aromatic N) is 2. The molecule has 1 aromatic carbocycles. The highest BCUT2D eigenvalue weighted by atomic mass is 32.2. The van der Waals surface area contributed by atoms with Gasteiger partial charge in [0.2, 0.25) is 11.5 Å². The molecule has 1 heterocycles. The van der Waals surface area contributed by atoms with Gasteiger partial charge < -0.3 is 10.2 Å². The van der Waals surface area contributed by atoms with E-state index < -0.39 is 10.5 Å². The highest BCUT2D eigenvalue weighted by Crippen LogP contribution is 2.27. The summed E-state index contributed by atoms with van der Waals surface area (Å²) in [7, 11) is -1.05. The second-order valence-corrected chi connectivity index (χ2v) is 6.85. The number of carbonyl (C=O) groups is 1. The first-order chi connectivity index (χ1) is 13.3. The van der Waals surface area contributed by atoms with Crippen molar-refractivity contribution in [2.75, 3.05) is 13.7 Å². The van der Waals surface area contributed by atoms with Crippen LogP contribution in [0.25, 0.3) is 0 Å². The van der Waals surface area contributed by atoms with Crippen molar-refractivity contribution in [2.45, 2.75) is 25.7 Å². The Morgan fingerprint density at radius 2 is 1.96 bits per heavy atom. The maximum Gasteiger partial charge on any atom is 0.318 e. The van der Waals surface area contributed by atoms with Crippen LogP contribution in [0.4, 0.5) is 0 Å². The molecule has 0 aliphatic carbocycles. The summed E-state index contributed by atoms with van der Waals surface area (Å²) in [5.41, 5.74) is 7.60. The Kier molecular flexibility index (Phi) is 10.1. The maximum atomic E-state index is 10.5. The fraction of sp³-hybridized carbons (Fsp3) is 0.333. The summed E-state index contributed by atoms with van der Waals surface area (Å²) in [4.78, 5) is 14.1. The number of hydrogen-bond acceptors (Lipinski definition) is 6. The number of rotatable bonds is 6. The minimum atomic E-state index is -2.59. The van der Waals surface area contributed by atoms with Crippen molar-refractivity contribution in [3.63, 3.8) is 0 Å². The van der Waals surface area contributed by atoms with Gasteiger partial charge in [-0.1, -0.05) is 38.1 Å². The van der Waals surface area contributed by atoms with Crippen LogP contribution in [0.1, 0.15) is 42.4 Å². The standard InChI is InChI=1S/C17H20N2O4S2.CH3NO/c1-12(10-23-19(3)17(24)18-25(20)21)14-5-4-6-15(9-14)13(2)16-7-8-22-11-16;2-1-3/h4-9,11-13H,10H2,1-3H3;1H,(H2,2,3). The van der Waals surface area contributed by atoms with Gasteiger partial charge in [0.1, 0.15) is 0 Å². The highest BCUT2D eigenvalue weighted by molar-refractivity contribution is 7.80. The first-order valence-corrected chi connectivity index (χ1v) is 9.73. The largest absolute Gasteiger partial charge is 0.472 e. The molecule has 28 heavy (non-hydrogen) atoms. The minimum absolute atomic E-state index is 0.0968. The lowest BCUT2D eigenvalue weighted by atomic mass is 9.91. The summed E-state index contributed by atoms with van der Waals surface area (Å²) >= 11 is 4.85. The average molecular weight is 426 g/mol. The zero-order chi connectivity index (χ0) is 21.1. The molecule has 1 amide bonds. The van der Waals surface area contributed by atoms with Crippen molar-refractivity contribution in [1.29, 1.82) is 0 Å². The summed E-state index contributed by atoms with van der Waals surface area (Å²) in [6, 6.07) is 10.2. The number of primary amides is 1. The van der Waals surface area contributed by atoms with E-state index in [0.717, 1.165) is 11.1 Å². The summed E-state index contributed by atoms with van der Waals surface area (Å²) in [5.74, 6) is 0.326. The molecule has 0 saturated heterocycles. The van der Waals surface area contributed by atoms with E-state index in [-0.39, 0.29) is 23.4 Å². The average Bonchev–Trinajstić information content (AvgIpc) is 3.20. The van der Waals surface area contributed by atoms with Gasteiger partial charge in [-0.25, -0.2) is 5.06 Å². The number of hydrogen-bond donors (Lipinski definition) is 1. The lowest BCUT2D eigenvalue weighted by Crippen LogP contribution is -2.25. The van der Waals surface area contributed by atoms with E-state index in [2.05, 4.69) is 29.2 Å². The zero-order valence-corrected chi connectivity index (χ0v) is 17.4. The molecule has 2 unspecified atom stereocenters. The van der Waals surface area contributed by atoms with Crippen LogP contribution in [0, 0.1) is 0 Å². The fourth-order valence-electron chi connectivity index (χ4n) is 2.35. The number of thiocarbonyl (C=S) groups is 1. The molecule has 0 fully saturated rings.